The van der Waals surface area contributed by atoms with Gasteiger partial charge in [-0.3, -0.25) is 0 Å². The number of rotatable bonds is 2. The predicted octanol–water partition coefficient (Wildman–Crippen LogP) is 0.876. The smallest absolute Gasteiger partial charge is 0.319 e. The number of aromatic hydroxyl groups is 1. The molecule has 16 heavy (non-hydrogen) atoms. The van der Waals surface area contributed by atoms with Gasteiger partial charge in [-0.05, 0) is 25.1 Å². The van der Waals surface area contributed by atoms with Crippen molar-refractivity contribution in [2.24, 2.45) is 0 Å². The molecule has 1 aromatic carbocycles. The first-order valence-electron chi connectivity index (χ1n) is 5.31. The van der Waals surface area contributed by atoms with Crippen molar-refractivity contribution in [3.05, 3.63) is 24.3 Å². The number of nitrogens with one attached hydrogen (secondary N) is 3. The lowest BCUT2D eigenvalue weighted by molar-refractivity contribution is 0.249. The minimum absolute atomic E-state index is 0.139. The van der Waals surface area contributed by atoms with E-state index in [1.807, 2.05) is 0 Å². The van der Waals surface area contributed by atoms with Crippen LogP contribution in [0.15, 0.2) is 24.3 Å². The van der Waals surface area contributed by atoms with E-state index < -0.39 is 0 Å². The highest BCUT2D eigenvalue weighted by Gasteiger charge is 2.16. The summed E-state index contributed by atoms with van der Waals surface area (Å²) in [6, 6.07) is 6.43. The largest absolute Gasteiger partial charge is 0.508 e. The predicted molar refractivity (Wildman–Crippen MR) is 61.5 cm³/mol. The molecule has 1 heterocycles. The van der Waals surface area contributed by atoms with E-state index in [-0.39, 0.29) is 17.8 Å². The number of urea groups is 1. The molecular formula is C11H15N3O2. The summed E-state index contributed by atoms with van der Waals surface area (Å²) in [5.74, 6) is 0.139. The number of carbonyl (C=O) groups is 1. The summed E-state index contributed by atoms with van der Waals surface area (Å²) in [4.78, 5) is 11.5. The van der Waals surface area contributed by atoms with Gasteiger partial charge < -0.3 is 21.1 Å². The van der Waals surface area contributed by atoms with Crippen LogP contribution in [0.2, 0.25) is 0 Å². The van der Waals surface area contributed by atoms with Gasteiger partial charge >= 0.3 is 6.03 Å². The van der Waals surface area contributed by atoms with Crippen molar-refractivity contribution in [1.29, 1.82) is 0 Å². The van der Waals surface area contributed by atoms with Crippen LogP contribution >= 0.6 is 0 Å². The van der Waals surface area contributed by atoms with Gasteiger partial charge in [0.25, 0.3) is 0 Å². The summed E-state index contributed by atoms with van der Waals surface area (Å²) in [6.45, 7) is 1.75. The maximum atomic E-state index is 11.5. The van der Waals surface area contributed by atoms with Crippen molar-refractivity contribution in [2.45, 2.75) is 12.5 Å². The van der Waals surface area contributed by atoms with Crippen molar-refractivity contribution in [1.82, 2.24) is 10.6 Å². The molecule has 1 atom stereocenters. The Morgan fingerprint density at radius 2 is 2.38 bits per heavy atom. The summed E-state index contributed by atoms with van der Waals surface area (Å²) in [5, 5.41) is 17.9. The molecule has 1 fully saturated rings. The number of amides is 2. The second-order valence-electron chi connectivity index (χ2n) is 3.84. The van der Waals surface area contributed by atoms with E-state index >= 15 is 0 Å². The molecule has 2 rings (SSSR count). The molecule has 5 heteroatoms. The highest BCUT2D eigenvalue weighted by Crippen LogP contribution is 2.15. The minimum atomic E-state index is -0.237. The van der Waals surface area contributed by atoms with E-state index in [0.29, 0.717) is 5.69 Å². The summed E-state index contributed by atoms with van der Waals surface area (Å²) < 4.78 is 0. The van der Waals surface area contributed by atoms with Gasteiger partial charge in [0.05, 0.1) is 0 Å². The van der Waals surface area contributed by atoms with Gasteiger partial charge in [-0.1, -0.05) is 6.07 Å². The van der Waals surface area contributed by atoms with Crippen molar-refractivity contribution < 1.29 is 9.90 Å². The van der Waals surface area contributed by atoms with Gasteiger partial charge in [-0.25, -0.2) is 4.79 Å². The van der Waals surface area contributed by atoms with E-state index in [1.54, 1.807) is 18.2 Å². The molecule has 5 nitrogen and oxygen atoms in total. The molecule has 2 amide bonds. The monoisotopic (exact) mass is 221 g/mol. The minimum Gasteiger partial charge on any atom is -0.508 e. The van der Waals surface area contributed by atoms with E-state index in [0.717, 1.165) is 19.5 Å². The maximum Gasteiger partial charge on any atom is 0.319 e. The first kappa shape index (κ1) is 10.8. The van der Waals surface area contributed by atoms with Crippen LogP contribution in [0.3, 0.4) is 0 Å². The summed E-state index contributed by atoms with van der Waals surface area (Å²) in [7, 11) is 0. The Bertz CT molecular complexity index is 375. The normalized spacial score (nSPS) is 19.4. The fraction of sp³-hybridized carbons (Fsp3) is 0.364. The Balaban J connectivity index is 1.86. The van der Waals surface area contributed by atoms with Gasteiger partial charge in [0.2, 0.25) is 0 Å². The molecule has 86 valence electrons. The maximum absolute atomic E-state index is 11.5. The van der Waals surface area contributed by atoms with Crippen LogP contribution in [0.1, 0.15) is 6.42 Å². The van der Waals surface area contributed by atoms with E-state index in [2.05, 4.69) is 16.0 Å². The quantitative estimate of drug-likeness (QED) is 0.599. The third-order valence-electron chi connectivity index (χ3n) is 2.50. The fourth-order valence-corrected chi connectivity index (χ4v) is 1.71. The van der Waals surface area contributed by atoms with Gasteiger partial charge in [0, 0.05) is 24.3 Å². The fourth-order valence-electron chi connectivity index (χ4n) is 1.71. The van der Waals surface area contributed by atoms with Crippen LogP contribution in [0.25, 0.3) is 0 Å². The zero-order valence-corrected chi connectivity index (χ0v) is 8.86. The number of benzene rings is 1. The highest BCUT2D eigenvalue weighted by molar-refractivity contribution is 5.89. The Labute approximate surface area is 93.9 Å². The SMILES string of the molecule is O=C(Nc1cccc(O)c1)N[C@@H]1CCNC1. The van der Waals surface area contributed by atoms with Crippen LogP contribution in [0.5, 0.6) is 5.75 Å². The van der Waals surface area contributed by atoms with Crippen LogP contribution < -0.4 is 16.0 Å². The van der Waals surface area contributed by atoms with Crippen molar-refractivity contribution in [3.63, 3.8) is 0 Å². The van der Waals surface area contributed by atoms with Gasteiger partial charge in [0.15, 0.2) is 0 Å². The highest BCUT2D eigenvalue weighted by atomic mass is 16.3. The Kier molecular flexibility index (Phi) is 3.26. The second-order valence-corrected chi connectivity index (χ2v) is 3.84. The van der Waals surface area contributed by atoms with Crippen LogP contribution in [-0.2, 0) is 0 Å². The molecule has 0 radical (unpaired) electrons. The average molecular weight is 221 g/mol. The molecule has 1 aliphatic heterocycles. The number of hydrogen-bond acceptors (Lipinski definition) is 3. The number of anilines is 1. The molecular weight excluding hydrogens is 206 g/mol. The van der Waals surface area contributed by atoms with Crippen molar-refractivity contribution >= 4 is 11.7 Å². The number of carbonyl (C=O) groups excluding carboxylic acids is 1. The summed E-state index contributed by atoms with van der Waals surface area (Å²) in [5.41, 5.74) is 0.587. The number of phenols is 1. The average Bonchev–Trinajstić information content (AvgIpc) is 2.70. The summed E-state index contributed by atoms with van der Waals surface area (Å²) >= 11 is 0. The summed E-state index contributed by atoms with van der Waals surface area (Å²) in [6.07, 6.45) is 0.952. The molecule has 4 N–H and O–H groups in total. The molecule has 0 saturated carbocycles. The van der Waals surface area contributed by atoms with Gasteiger partial charge in [-0.15, -0.1) is 0 Å². The zero-order valence-electron chi connectivity index (χ0n) is 8.86. The molecule has 0 aromatic heterocycles. The molecule has 0 spiro atoms. The Morgan fingerprint density at radius 3 is 3.06 bits per heavy atom. The van der Waals surface area contributed by atoms with Gasteiger partial charge in [-0.2, -0.15) is 0 Å². The lowest BCUT2D eigenvalue weighted by atomic mass is 10.2. The first-order chi connectivity index (χ1) is 7.74. The third kappa shape index (κ3) is 2.87. The zero-order chi connectivity index (χ0) is 11.4. The molecule has 0 unspecified atom stereocenters. The number of phenolic OH excluding ortho intramolecular Hbond substituents is 1. The van der Waals surface area contributed by atoms with Crippen LogP contribution in [-0.4, -0.2) is 30.3 Å². The Hall–Kier alpha value is -1.75. The van der Waals surface area contributed by atoms with Crippen molar-refractivity contribution in [3.8, 4) is 5.75 Å². The Morgan fingerprint density at radius 1 is 1.50 bits per heavy atom. The van der Waals surface area contributed by atoms with Crippen LogP contribution in [0, 0.1) is 0 Å². The topological polar surface area (TPSA) is 73.4 Å². The lowest BCUT2D eigenvalue weighted by Gasteiger charge is -2.12. The molecule has 1 saturated heterocycles. The van der Waals surface area contributed by atoms with Gasteiger partial charge in [0.1, 0.15) is 5.75 Å². The van der Waals surface area contributed by atoms with E-state index in [1.165, 1.54) is 6.07 Å². The van der Waals surface area contributed by atoms with E-state index in [9.17, 15) is 9.90 Å². The standard InChI is InChI=1S/C11H15N3O2/c15-10-3-1-2-8(6-10)13-11(16)14-9-4-5-12-7-9/h1-3,6,9,12,15H,4-5,7H2,(H2,13,14,16)/t9-/m1/s1. The lowest BCUT2D eigenvalue weighted by Crippen LogP contribution is -2.39. The van der Waals surface area contributed by atoms with E-state index in [4.69, 9.17) is 0 Å². The number of hydrogen-bond donors (Lipinski definition) is 4. The molecule has 0 aliphatic carbocycles. The van der Waals surface area contributed by atoms with Crippen LogP contribution in [0.4, 0.5) is 10.5 Å². The second kappa shape index (κ2) is 4.85. The first-order valence-corrected chi connectivity index (χ1v) is 5.31. The molecule has 1 aliphatic rings. The molecule has 1 aromatic rings. The molecule has 0 bridgehead atoms. The third-order valence-corrected chi connectivity index (χ3v) is 2.50. The van der Waals surface area contributed by atoms with Crippen molar-refractivity contribution in [2.75, 3.05) is 18.4 Å².